The Labute approximate surface area is 140 Å². The van der Waals surface area contributed by atoms with Crippen molar-refractivity contribution in [1.82, 2.24) is 4.98 Å². The highest BCUT2D eigenvalue weighted by molar-refractivity contribution is 6.02. The molecule has 0 spiro atoms. The second-order valence-electron chi connectivity index (χ2n) is 5.07. The number of carbonyl (C=O) groups is 1. The van der Waals surface area contributed by atoms with E-state index in [4.69, 9.17) is 4.42 Å². The first-order valence-corrected chi connectivity index (χ1v) is 7.17. The van der Waals surface area contributed by atoms with Gasteiger partial charge in [-0.1, -0.05) is 6.07 Å². The molecule has 0 aliphatic rings. The van der Waals surface area contributed by atoms with Gasteiger partial charge in [-0.05, 0) is 42.5 Å². The van der Waals surface area contributed by atoms with Gasteiger partial charge in [-0.2, -0.15) is 13.2 Å². The van der Waals surface area contributed by atoms with E-state index in [1.165, 1.54) is 36.7 Å². The van der Waals surface area contributed by atoms with Crippen LogP contribution in [0.2, 0.25) is 0 Å². The van der Waals surface area contributed by atoms with Crippen molar-refractivity contribution in [2.75, 3.05) is 10.6 Å². The Morgan fingerprint density at radius 1 is 1.04 bits per heavy atom. The molecule has 0 fully saturated rings. The molecule has 5 nitrogen and oxygen atoms in total. The van der Waals surface area contributed by atoms with Gasteiger partial charge in [0.25, 0.3) is 5.91 Å². The van der Waals surface area contributed by atoms with E-state index in [2.05, 4.69) is 15.6 Å². The molecule has 25 heavy (non-hydrogen) atoms. The van der Waals surface area contributed by atoms with Crippen molar-refractivity contribution < 1.29 is 22.4 Å². The minimum atomic E-state index is -4.41. The molecule has 128 valence electrons. The molecule has 3 aromatic rings. The van der Waals surface area contributed by atoms with Gasteiger partial charge < -0.3 is 15.1 Å². The first-order chi connectivity index (χ1) is 11.9. The predicted octanol–water partition coefficient (Wildman–Crippen LogP) is 4.69. The number of furan rings is 1. The van der Waals surface area contributed by atoms with Crippen LogP contribution in [0.4, 0.5) is 30.4 Å². The lowest BCUT2D eigenvalue weighted by atomic mass is 10.2. The monoisotopic (exact) mass is 347 g/mol. The molecule has 8 heteroatoms. The number of hydrogen-bond acceptors (Lipinski definition) is 4. The van der Waals surface area contributed by atoms with Crippen LogP contribution in [0.25, 0.3) is 0 Å². The normalized spacial score (nSPS) is 11.2. The number of hydrogen-bond donors (Lipinski definition) is 2. The molecule has 0 saturated heterocycles. The third-order valence-corrected chi connectivity index (χ3v) is 3.23. The van der Waals surface area contributed by atoms with Crippen LogP contribution in [0.1, 0.15) is 16.1 Å². The predicted molar refractivity (Wildman–Crippen MR) is 85.6 cm³/mol. The fraction of sp³-hybridized carbons (Fsp3) is 0.0588. The number of benzene rings is 1. The average molecular weight is 347 g/mol. The molecule has 2 aromatic heterocycles. The smallest absolute Gasteiger partial charge is 0.416 e. The Morgan fingerprint density at radius 2 is 1.88 bits per heavy atom. The van der Waals surface area contributed by atoms with E-state index in [0.29, 0.717) is 11.5 Å². The number of alkyl halides is 3. The van der Waals surface area contributed by atoms with Crippen molar-refractivity contribution in [2.24, 2.45) is 0 Å². The minimum absolute atomic E-state index is 0.158. The standard InChI is InChI=1S/C17H12F3N3O2/c18-17(19,20)11-3-1-4-12(9-11)22-15-7-6-13(10-21-15)23-16(24)14-5-2-8-25-14/h1-10H,(H,21,22)(H,23,24). The Balaban J connectivity index is 1.68. The van der Waals surface area contributed by atoms with Gasteiger partial charge in [-0.25, -0.2) is 4.98 Å². The number of rotatable bonds is 4. The number of aromatic nitrogens is 1. The van der Waals surface area contributed by atoms with Crippen LogP contribution in [0.15, 0.2) is 65.4 Å². The van der Waals surface area contributed by atoms with E-state index in [9.17, 15) is 18.0 Å². The number of nitrogens with one attached hydrogen (secondary N) is 2. The zero-order valence-corrected chi connectivity index (χ0v) is 12.7. The van der Waals surface area contributed by atoms with Crippen LogP contribution in [0.5, 0.6) is 0 Å². The number of nitrogens with zero attached hydrogens (tertiary/aromatic N) is 1. The summed E-state index contributed by atoms with van der Waals surface area (Å²) in [5.41, 5.74) is -0.0643. The van der Waals surface area contributed by atoms with Crippen LogP contribution in [0, 0.1) is 0 Å². The van der Waals surface area contributed by atoms with Crippen molar-refractivity contribution in [3.05, 3.63) is 72.3 Å². The van der Waals surface area contributed by atoms with Crippen molar-refractivity contribution in [3.63, 3.8) is 0 Å². The van der Waals surface area contributed by atoms with Gasteiger partial charge in [0.1, 0.15) is 5.82 Å². The summed E-state index contributed by atoms with van der Waals surface area (Å²) >= 11 is 0. The Hall–Kier alpha value is -3.29. The summed E-state index contributed by atoms with van der Waals surface area (Å²) in [6.45, 7) is 0. The van der Waals surface area contributed by atoms with E-state index in [0.717, 1.165) is 12.1 Å². The van der Waals surface area contributed by atoms with Crippen molar-refractivity contribution >= 4 is 23.1 Å². The van der Waals surface area contributed by atoms with Crippen molar-refractivity contribution in [3.8, 4) is 0 Å². The first-order valence-electron chi connectivity index (χ1n) is 7.17. The van der Waals surface area contributed by atoms with Gasteiger partial charge in [0, 0.05) is 5.69 Å². The largest absolute Gasteiger partial charge is 0.459 e. The highest BCUT2D eigenvalue weighted by Crippen LogP contribution is 2.31. The maximum absolute atomic E-state index is 12.7. The molecule has 1 aromatic carbocycles. The van der Waals surface area contributed by atoms with Gasteiger partial charge in [-0.3, -0.25) is 4.79 Å². The Morgan fingerprint density at radius 3 is 2.52 bits per heavy atom. The molecule has 1 amide bonds. The number of halogens is 3. The number of carbonyl (C=O) groups excluding carboxylic acids is 1. The highest BCUT2D eigenvalue weighted by Gasteiger charge is 2.30. The molecule has 0 aliphatic heterocycles. The van der Waals surface area contributed by atoms with Gasteiger partial charge in [0.15, 0.2) is 5.76 Å². The second-order valence-corrected chi connectivity index (χ2v) is 5.07. The lowest BCUT2D eigenvalue weighted by Crippen LogP contribution is -2.11. The summed E-state index contributed by atoms with van der Waals surface area (Å²) in [4.78, 5) is 15.9. The molecule has 0 radical (unpaired) electrons. The fourth-order valence-electron chi connectivity index (χ4n) is 2.06. The van der Waals surface area contributed by atoms with Crippen LogP contribution >= 0.6 is 0 Å². The molecule has 0 unspecified atom stereocenters. The summed E-state index contributed by atoms with van der Waals surface area (Å²) in [6.07, 6.45) is -1.64. The third-order valence-electron chi connectivity index (χ3n) is 3.23. The number of anilines is 3. The van der Waals surface area contributed by atoms with Crippen LogP contribution in [-0.2, 0) is 6.18 Å². The average Bonchev–Trinajstić information content (AvgIpc) is 3.11. The van der Waals surface area contributed by atoms with Gasteiger partial charge in [-0.15, -0.1) is 0 Å². The van der Waals surface area contributed by atoms with E-state index < -0.39 is 17.6 Å². The first kappa shape index (κ1) is 16.6. The van der Waals surface area contributed by atoms with Crippen LogP contribution in [0.3, 0.4) is 0 Å². The summed E-state index contributed by atoms with van der Waals surface area (Å²) in [5, 5.41) is 5.37. The molecule has 0 saturated carbocycles. The maximum atomic E-state index is 12.7. The lowest BCUT2D eigenvalue weighted by molar-refractivity contribution is -0.137. The van der Waals surface area contributed by atoms with Crippen molar-refractivity contribution in [2.45, 2.75) is 6.18 Å². The minimum Gasteiger partial charge on any atom is -0.459 e. The van der Waals surface area contributed by atoms with E-state index >= 15 is 0 Å². The molecule has 0 atom stereocenters. The molecular formula is C17H12F3N3O2. The topological polar surface area (TPSA) is 67.2 Å². The third kappa shape index (κ3) is 4.17. The number of pyridine rings is 1. The molecule has 0 bridgehead atoms. The van der Waals surface area contributed by atoms with Crippen molar-refractivity contribution in [1.29, 1.82) is 0 Å². The molecular weight excluding hydrogens is 335 g/mol. The molecule has 2 heterocycles. The summed E-state index contributed by atoms with van der Waals surface area (Å²) in [6, 6.07) is 11.0. The maximum Gasteiger partial charge on any atom is 0.416 e. The lowest BCUT2D eigenvalue weighted by Gasteiger charge is -2.10. The van der Waals surface area contributed by atoms with E-state index in [1.807, 2.05) is 0 Å². The van der Waals surface area contributed by atoms with Crippen LogP contribution in [-0.4, -0.2) is 10.9 Å². The summed E-state index contributed by atoms with van der Waals surface area (Å²) in [5.74, 6) is 0.0758. The molecule has 0 aliphatic carbocycles. The van der Waals surface area contributed by atoms with Gasteiger partial charge >= 0.3 is 6.18 Å². The summed E-state index contributed by atoms with van der Waals surface area (Å²) in [7, 11) is 0. The zero-order valence-electron chi connectivity index (χ0n) is 12.7. The van der Waals surface area contributed by atoms with Gasteiger partial charge in [0.05, 0.1) is 23.7 Å². The summed E-state index contributed by atoms with van der Waals surface area (Å²) < 4.78 is 43.1. The SMILES string of the molecule is O=C(Nc1ccc(Nc2cccc(C(F)(F)F)c2)nc1)c1ccco1. The fourth-order valence-corrected chi connectivity index (χ4v) is 2.06. The molecule has 2 N–H and O–H groups in total. The van der Waals surface area contributed by atoms with E-state index in [1.54, 1.807) is 12.1 Å². The second kappa shape index (κ2) is 6.68. The quantitative estimate of drug-likeness (QED) is 0.718. The highest BCUT2D eigenvalue weighted by atomic mass is 19.4. The van der Waals surface area contributed by atoms with E-state index in [-0.39, 0.29) is 11.4 Å². The van der Waals surface area contributed by atoms with Gasteiger partial charge in [0.2, 0.25) is 0 Å². The Kier molecular flexibility index (Phi) is 4.42. The zero-order chi connectivity index (χ0) is 17.9. The Bertz CT molecular complexity index is 860. The van der Waals surface area contributed by atoms with Crippen LogP contribution < -0.4 is 10.6 Å². The number of amides is 1. The molecule has 3 rings (SSSR count).